The maximum Gasteiger partial charge on any atom is 0.162 e. The third-order valence-electron chi connectivity index (χ3n) is 2.70. The van der Waals surface area contributed by atoms with E-state index >= 15 is 0 Å². The van der Waals surface area contributed by atoms with E-state index in [2.05, 4.69) is 9.97 Å². The molecule has 2 aromatic rings. The van der Waals surface area contributed by atoms with Gasteiger partial charge < -0.3 is 15.4 Å². The topological polar surface area (TPSA) is 88.1 Å². The predicted octanol–water partition coefficient (Wildman–Crippen LogP) is 1.54. The molecule has 0 aliphatic heterocycles. The monoisotopic (exact) mass is 257 g/mol. The number of para-hydroxylation sites is 2. The molecule has 0 saturated carbocycles. The van der Waals surface area contributed by atoms with Gasteiger partial charge in [0.1, 0.15) is 17.3 Å². The van der Waals surface area contributed by atoms with Crippen LogP contribution in [0.2, 0.25) is 0 Å². The number of nitrogens with zero attached hydrogens (tertiary/aromatic N) is 3. The van der Waals surface area contributed by atoms with Gasteiger partial charge in [0.15, 0.2) is 5.82 Å². The Bertz CT molecular complexity index is 599. The minimum atomic E-state index is -0.121. The van der Waals surface area contributed by atoms with Crippen molar-refractivity contribution in [1.29, 1.82) is 5.41 Å². The van der Waals surface area contributed by atoms with Crippen LogP contribution in [0, 0.1) is 5.41 Å². The van der Waals surface area contributed by atoms with Crippen LogP contribution in [0.5, 0.6) is 5.75 Å². The van der Waals surface area contributed by atoms with Crippen LogP contribution < -0.4 is 15.4 Å². The van der Waals surface area contributed by atoms with Gasteiger partial charge in [-0.15, -0.1) is 0 Å². The molecule has 0 saturated heterocycles. The number of nitrogens with two attached hydrogens (primary N) is 1. The quantitative estimate of drug-likeness (QED) is 0.640. The molecule has 19 heavy (non-hydrogen) atoms. The highest BCUT2D eigenvalue weighted by molar-refractivity contribution is 5.98. The van der Waals surface area contributed by atoms with E-state index in [4.69, 9.17) is 15.9 Å². The van der Waals surface area contributed by atoms with Crippen molar-refractivity contribution in [3.8, 4) is 5.75 Å². The number of amidine groups is 1. The summed E-state index contributed by atoms with van der Waals surface area (Å²) in [5.41, 5.74) is 6.69. The summed E-state index contributed by atoms with van der Waals surface area (Å²) in [7, 11) is 3.43. The summed E-state index contributed by atoms with van der Waals surface area (Å²) in [5, 5.41) is 7.55. The normalized spacial score (nSPS) is 10.0. The van der Waals surface area contributed by atoms with E-state index in [9.17, 15) is 0 Å². The number of nitrogens with one attached hydrogen (secondary N) is 1. The van der Waals surface area contributed by atoms with E-state index < -0.39 is 0 Å². The Balaban J connectivity index is 2.50. The minimum absolute atomic E-state index is 0.121. The average Bonchev–Trinajstić information content (AvgIpc) is 2.46. The lowest BCUT2D eigenvalue weighted by Gasteiger charge is -2.22. The van der Waals surface area contributed by atoms with Crippen molar-refractivity contribution in [1.82, 2.24) is 9.97 Å². The first-order valence-electron chi connectivity index (χ1n) is 5.67. The SMILES string of the molecule is COc1ccccc1N(C)c1nccnc1C(=N)N. The molecule has 0 unspecified atom stereocenters. The fourth-order valence-corrected chi connectivity index (χ4v) is 1.79. The molecule has 0 aliphatic carbocycles. The molecule has 0 atom stereocenters. The summed E-state index contributed by atoms with van der Waals surface area (Å²) in [6, 6.07) is 7.55. The Kier molecular flexibility index (Phi) is 3.61. The zero-order valence-electron chi connectivity index (χ0n) is 10.8. The van der Waals surface area contributed by atoms with Crippen LogP contribution in [0.25, 0.3) is 0 Å². The first-order chi connectivity index (χ1) is 9.15. The van der Waals surface area contributed by atoms with E-state index in [-0.39, 0.29) is 5.84 Å². The second-order valence-electron chi connectivity index (χ2n) is 3.87. The van der Waals surface area contributed by atoms with Crippen molar-refractivity contribution >= 4 is 17.3 Å². The van der Waals surface area contributed by atoms with Crippen molar-refractivity contribution in [2.75, 3.05) is 19.1 Å². The van der Waals surface area contributed by atoms with Crippen LogP contribution >= 0.6 is 0 Å². The summed E-state index contributed by atoms with van der Waals surface area (Å²) < 4.78 is 5.31. The largest absolute Gasteiger partial charge is 0.495 e. The number of rotatable bonds is 4. The maximum absolute atomic E-state index is 7.55. The summed E-state index contributed by atoms with van der Waals surface area (Å²) >= 11 is 0. The molecule has 0 radical (unpaired) electrons. The molecule has 0 bridgehead atoms. The van der Waals surface area contributed by atoms with Crippen LogP contribution in [-0.2, 0) is 0 Å². The Morgan fingerprint density at radius 3 is 2.63 bits per heavy atom. The summed E-state index contributed by atoms with van der Waals surface area (Å²) in [6.07, 6.45) is 3.07. The molecule has 1 heterocycles. The van der Waals surface area contributed by atoms with Crippen molar-refractivity contribution in [3.05, 3.63) is 42.4 Å². The molecule has 6 heteroatoms. The summed E-state index contributed by atoms with van der Waals surface area (Å²) in [6.45, 7) is 0. The van der Waals surface area contributed by atoms with E-state index in [0.29, 0.717) is 17.3 Å². The zero-order chi connectivity index (χ0) is 13.8. The average molecular weight is 257 g/mol. The molecule has 2 rings (SSSR count). The lowest BCUT2D eigenvalue weighted by Crippen LogP contribution is -2.21. The van der Waals surface area contributed by atoms with Gasteiger partial charge in [0.25, 0.3) is 0 Å². The third-order valence-corrected chi connectivity index (χ3v) is 2.70. The first-order valence-corrected chi connectivity index (χ1v) is 5.67. The molecule has 0 aliphatic rings. The number of methoxy groups -OCH3 is 1. The maximum atomic E-state index is 7.55. The molecule has 98 valence electrons. The van der Waals surface area contributed by atoms with Gasteiger partial charge >= 0.3 is 0 Å². The number of benzene rings is 1. The minimum Gasteiger partial charge on any atom is -0.495 e. The van der Waals surface area contributed by atoms with Crippen LogP contribution in [0.3, 0.4) is 0 Å². The number of aromatic nitrogens is 2. The van der Waals surface area contributed by atoms with Crippen LogP contribution in [-0.4, -0.2) is 30.0 Å². The number of nitrogen functional groups attached to an aromatic ring is 1. The fraction of sp³-hybridized carbons (Fsp3) is 0.154. The summed E-state index contributed by atoms with van der Waals surface area (Å²) in [5.74, 6) is 1.11. The van der Waals surface area contributed by atoms with E-state index in [0.717, 1.165) is 5.69 Å². The Morgan fingerprint density at radius 1 is 1.26 bits per heavy atom. The van der Waals surface area contributed by atoms with Gasteiger partial charge in [-0.1, -0.05) is 12.1 Å². The molecule has 3 N–H and O–H groups in total. The number of anilines is 2. The Morgan fingerprint density at radius 2 is 1.95 bits per heavy atom. The predicted molar refractivity (Wildman–Crippen MR) is 74.1 cm³/mol. The number of hydrogen-bond acceptors (Lipinski definition) is 5. The van der Waals surface area contributed by atoms with Gasteiger partial charge in [-0.25, -0.2) is 9.97 Å². The first kappa shape index (κ1) is 12.8. The van der Waals surface area contributed by atoms with Crippen LogP contribution in [0.15, 0.2) is 36.7 Å². The second-order valence-corrected chi connectivity index (χ2v) is 3.87. The van der Waals surface area contributed by atoms with Gasteiger partial charge in [0.05, 0.1) is 12.8 Å². The molecule has 0 fully saturated rings. The third kappa shape index (κ3) is 2.47. The van der Waals surface area contributed by atoms with Crippen molar-refractivity contribution in [3.63, 3.8) is 0 Å². The highest BCUT2D eigenvalue weighted by Crippen LogP contribution is 2.31. The highest BCUT2D eigenvalue weighted by atomic mass is 16.5. The van der Waals surface area contributed by atoms with Crippen molar-refractivity contribution in [2.45, 2.75) is 0 Å². The molecular formula is C13H15N5O. The van der Waals surface area contributed by atoms with Crippen LogP contribution in [0.4, 0.5) is 11.5 Å². The highest BCUT2D eigenvalue weighted by Gasteiger charge is 2.16. The molecule has 0 spiro atoms. The number of ether oxygens (including phenoxy) is 1. The second kappa shape index (κ2) is 5.34. The molecule has 0 amide bonds. The van der Waals surface area contributed by atoms with Gasteiger partial charge in [-0.05, 0) is 12.1 Å². The van der Waals surface area contributed by atoms with Gasteiger partial charge in [-0.2, -0.15) is 0 Å². The smallest absolute Gasteiger partial charge is 0.162 e. The molecular weight excluding hydrogens is 242 g/mol. The Hall–Kier alpha value is -2.63. The molecule has 6 nitrogen and oxygen atoms in total. The molecule has 1 aromatic carbocycles. The Labute approximate surface area is 111 Å². The van der Waals surface area contributed by atoms with Gasteiger partial charge in [0.2, 0.25) is 0 Å². The zero-order valence-corrected chi connectivity index (χ0v) is 10.8. The van der Waals surface area contributed by atoms with Crippen molar-refractivity contribution < 1.29 is 4.74 Å². The van der Waals surface area contributed by atoms with Crippen molar-refractivity contribution in [2.24, 2.45) is 5.73 Å². The molecule has 1 aromatic heterocycles. The van der Waals surface area contributed by atoms with E-state index in [1.807, 2.05) is 31.3 Å². The van der Waals surface area contributed by atoms with E-state index in [1.54, 1.807) is 18.2 Å². The standard InChI is InChI=1S/C13H15N5O/c1-18(9-5-3-4-6-10(9)19-2)13-11(12(14)15)16-7-8-17-13/h3-8H,1-2H3,(H3,14,15). The van der Waals surface area contributed by atoms with Gasteiger partial charge in [0, 0.05) is 19.4 Å². The lowest BCUT2D eigenvalue weighted by molar-refractivity contribution is 0.415. The fourth-order valence-electron chi connectivity index (χ4n) is 1.79. The van der Waals surface area contributed by atoms with Crippen LogP contribution in [0.1, 0.15) is 5.69 Å². The number of hydrogen-bond donors (Lipinski definition) is 2. The van der Waals surface area contributed by atoms with E-state index in [1.165, 1.54) is 6.20 Å². The summed E-state index contributed by atoms with van der Waals surface area (Å²) in [4.78, 5) is 10.1. The van der Waals surface area contributed by atoms with Gasteiger partial charge in [-0.3, -0.25) is 5.41 Å². The lowest BCUT2D eigenvalue weighted by atomic mass is 10.2.